The van der Waals surface area contributed by atoms with Crippen molar-refractivity contribution in [2.45, 2.75) is 13.1 Å². The number of aromatic nitrogens is 1. The summed E-state index contributed by atoms with van der Waals surface area (Å²) in [7, 11) is 0. The summed E-state index contributed by atoms with van der Waals surface area (Å²) in [5.74, 6) is 0.875. The number of pyridine rings is 1. The zero-order chi connectivity index (χ0) is 19.2. The van der Waals surface area contributed by atoms with Gasteiger partial charge in [0.25, 0.3) is 5.91 Å². The molecule has 4 rings (SSSR count). The number of hydrogen-bond donors (Lipinski definition) is 1. The van der Waals surface area contributed by atoms with E-state index in [0.717, 1.165) is 44.2 Å². The molecule has 1 saturated heterocycles. The Kier molecular flexibility index (Phi) is 5.68. The first kappa shape index (κ1) is 18.3. The third kappa shape index (κ3) is 4.58. The predicted molar refractivity (Wildman–Crippen MR) is 108 cm³/mol. The van der Waals surface area contributed by atoms with Crippen molar-refractivity contribution in [1.82, 2.24) is 14.8 Å². The summed E-state index contributed by atoms with van der Waals surface area (Å²) in [4.78, 5) is 21.4. The van der Waals surface area contributed by atoms with E-state index in [4.69, 9.17) is 4.42 Å². The van der Waals surface area contributed by atoms with Gasteiger partial charge in [-0.05, 0) is 23.8 Å². The van der Waals surface area contributed by atoms with Gasteiger partial charge >= 0.3 is 0 Å². The second-order valence-corrected chi connectivity index (χ2v) is 6.95. The Morgan fingerprint density at radius 1 is 1.04 bits per heavy atom. The number of anilines is 1. The maximum absolute atomic E-state index is 12.9. The zero-order valence-corrected chi connectivity index (χ0v) is 15.8. The van der Waals surface area contributed by atoms with Gasteiger partial charge < -0.3 is 14.6 Å². The van der Waals surface area contributed by atoms with Gasteiger partial charge in [0.1, 0.15) is 5.76 Å². The molecule has 1 aliphatic rings. The van der Waals surface area contributed by atoms with Gasteiger partial charge in [-0.1, -0.05) is 30.3 Å². The Labute approximate surface area is 164 Å². The minimum Gasteiger partial charge on any atom is -0.467 e. The average Bonchev–Trinajstić information content (AvgIpc) is 3.27. The molecular formula is C22H24N4O2. The SMILES string of the molecule is O=C(c1cncc(NCc2ccco2)c1)N1CCN(Cc2ccccc2)CC1. The number of nitrogens with zero attached hydrogens (tertiary/aromatic N) is 3. The number of hydrogen-bond acceptors (Lipinski definition) is 5. The van der Waals surface area contributed by atoms with E-state index in [1.165, 1.54) is 5.56 Å². The lowest BCUT2D eigenvalue weighted by molar-refractivity contribution is 0.0628. The second-order valence-electron chi connectivity index (χ2n) is 6.95. The smallest absolute Gasteiger partial charge is 0.255 e. The van der Waals surface area contributed by atoms with Gasteiger partial charge in [-0.3, -0.25) is 14.7 Å². The molecule has 0 bridgehead atoms. The predicted octanol–water partition coefficient (Wildman–Crippen LogP) is 3.24. The highest BCUT2D eigenvalue weighted by Crippen LogP contribution is 2.15. The number of furan rings is 1. The lowest BCUT2D eigenvalue weighted by Gasteiger charge is -2.34. The molecule has 2 aromatic heterocycles. The van der Waals surface area contributed by atoms with Crippen LogP contribution in [0, 0.1) is 0 Å². The van der Waals surface area contributed by atoms with Crippen molar-refractivity contribution in [3.05, 3.63) is 84.1 Å². The molecule has 0 unspecified atom stereocenters. The van der Waals surface area contributed by atoms with Crippen molar-refractivity contribution in [3.8, 4) is 0 Å². The summed E-state index contributed by atoms with van der Waals surface area (Å²) in [5.41, 5.74) is 2.73. The van der Waals surface area contributed by atoms with E-state index in [-0.39, 0.29) is 5.91 Å². The van der Waals surface area contributed by atoms with Gasteiger partial charge in [-0.25, -0.2) is 0 Å². The Morgan fingerprint density at radius 2 is 1.86 bits per heavy atom. The highest BCUT2D eigenvalue weighted by atomic mass is 16.3. The molecule has 28 heavy (non-hydrogen) atoms. The quantitative estimate of drug-likeness (QED) is 0.716. The molecule has 0 spiro atoms. The summed E-state index contributed by atoms with van der Waals surface area (Å²) in [6.45, 7) is 4.71. The largest absolute Gasteiger partial charge is 0.467 e. The Bertz CT molecular complexity index is 888. The van der Waals surface area contributed by atoms with Crippen LogP contribution in [0.3, 0.4) is 0 Å². The van der Waals surface area contributed by atoms with Crippen molar-refractivity contribution in [2.24, 2.45) is 0 Å². The molecular weight excluding hydrogens is 352 g/mol. The molecule has 144 valence electrons. The van der Waals surface area contributed by atoms with Crippen molar-refractivity contribution in [3.63, 3.8) is 0 Å². The van der Waals surface area contributed by atoms with Gasteiger partial charge in [0.15, 0.2) is 0 Å². The lowest BCUT2D eigenvalue weighted by Crippen LogP contribution is -2.48. The maximum Gasteiger partial charge on any atom is 0.255 e. The molecule has 0 radical (unpaired) electrons. The van der Waals surface area contributed by atoms with E-state index in [1.807, 2.05) is 29.2 Å². The number of carbonyl (C=O) groups is 1. The van der Waals surface area contributed by atoms with Gasteiger partial charge in [-0.15, -0.1) is 0 Å². The lowest BCUT2D eigenvalue weighted by atomic mass is 10.2. The van der Waals surface area contributed by atoms with Crippen LogP contribution in [0.1, 0.15) is 21.7 Å². The number of rotatable bonds is 6. The first-order valence-corrected chi connectivity index (χ1v) is 9.55. The zero-order valence-electron chi connectivity index (χ0n) is 15.8. The molecule has 1 fully saturated rings. The normalized spacial score (nSPS) is 14.8. The van der Waals surface area contributed by atoms with Gasteiger partial charge in [0, 0.05) is 45.1 Å². The Balaban J connectivity index is 1.31. The molecule has 3 heterocycles. The van der Waals surface area contributed by atoms with Crippen LogP contribution in [0.5, 0.6) is 0 Å². The van der Waals surface area contributed by atoms with E-state index >= 15 is 0 Å². The number of amides is 1. The van der Waals surface area contributed by atoms with Crippen LogP contribution in [0.2, 0.25) is 0 Å². The Morgan fingerprint density at radius 3 is 2.61 bits per heavy atom. The average molecular weight is 376 g/mol. The second kappa shape index (κ2) is 8.71. The molecule has 0 atom stereocenters. The van der Waals surface area contributed by atoms with E-state index in [2.05, 4.69) is 39.5 Å². The summed E-state index contributed by atoms with van der Waals surface area (Å²) in [6, 6.07) is 16.1. The number of nitrogens with one attached hydrogen (secondary N) is 1. The third-order valence-electron chi connectivity index (χ3n) is 4.94. The molecule has 0 saturated carbocycles. The molecule has 1 aromatic carbocycles. The number of benzene rings is 1. The molecule has 0 aliphatic carbocycles. The van der Waals surface area contributed by atoms with Crippen molar-refractivity contribution in [1.29, 1.82) is 0 Å². The van der Waals surface area contributed by atoms with Gasteiger partial charge in [0.05, 0.1) is 24.1 Å². The van der Waals surface area contributed by atoms with Crippen molar-refractivity contribution >= 4 is 11.6 Å². The molecule has 1 N–H and O–H groups in total. The molecule has 3 aromatic rings. The first-order chi connectivity index (χ1) is 13.8. The van der Waals surface area contributed by atoms with Crippen LogP contribution in [0.4, 0.5) is 5.69 Å². The first-order valence-electron chi connectivity index (χ1n) is 9.55. The molecule has 1 aliphatic heterocycles. The number of carbonyl (C=O) groups excluding carboxylic acids is 1. The Hall–Kier alpha value is -3.12. The molecule has 6 heteroatoms. The minimum absolute atomic E-state index is 0.0357. The van der Waals surface area contributed by atoms with E-state index in [1.54, 1.807) is 18.7 Å². The number of piperazine rings is 1. The topological polar surface area (TPSA) is 61.6 Å². The molecule has 6 nitrogen and oxygen atoms in total. The van der Waals surface area contributed by atoms with Gasteiger partial charge in [0.2, 0.25) is 0 Å². The third-order valence-corrected chi connectivity index (χ3v) is 4.94. The fourth-order valence-corrected chi connectivity index (χ4v) is 3.39. The molecule has 1 amide bonds. The standard InChI is InChI=1S/C22H24N4O2/c27-22(19-13-20(15-23-14-19)24-16-21-7-4-12-28-21)26-10-8-25(9-11-26)17-18-5-2-1-3-6-18/h1-7,12-15,24H,8-11,16-17H2. The van der Waals surface area contributed by atoms with Gasteiger partial charge in [-0.2, -0.15) is 0 Å². The van der Waals surface area contributed by atoms with Crippen LogP contribution in [0.25, 0.3) is 0 Å². The fourth-order valence-electron chi connectivity index (χ4n) is 3.39. The van der Waals surface area contributed by atoms with Crippen LogP contribution in [-0.4, -0.2) is 46.9 Å². The summed E-state index contributed by atoms with van der Waals surface area (Å²) >= 11 is 0. The van der Waals surface area contributed by atoms with Crippen molar-refractivity contribution in [2.75, 3.05) is 31.5 Å². The highest BCUT2D eigenvalue weighted by Gasteiger charge is 2.22. The monoisotopic (exact) mass is 376 g/mol. The van der Waals surface area contributed by atoms with Crippen LogP contribution < -0.4 is 5.32 Å². The van der Waals surface area contributed by atoms with E-state index in [9.17, 15) is 4.79 Å². The maximum atomic E-state index is 12.9. The van der Waals surface area contributed by atoms with E-state index < -0.39 is 0 Å². The highest BCUT2D eigenvalue weighted by molar-refractivity contribution is 5.94. The minimum atomic E-state index is 0.0357. The van der Waals surface area contributed by atoms with E-state index in [0.29, 0.717) is 12.1 Å². The van der Waals surface area contributed by atoms with Crippen LogP contribution in [0.15, 0.2) is 71.6 Å². The summed E-state index contributed by atoms with van der Waals surface area (Å²) in [5, 5.41) is 3.24. The summed E-state index contributed by atoms with van der Waals surface area (Å²) in [6.07, 6.45) is 5.00. The van der Waals surface area contributed by atoms with Crippen LogP contribution in [-0.2, 0) is 13.1 Å². The summed E-state index contributed by atoms with van der Waals surface area (Å²) < 4.78 is 5.32. The van der Waals surface area contributed by atoms with Crippen LogP contribution >= 0.6 is 0 Å². The van der Waals surface area contributed by atoms with Crippen molar-refractivity contribution < 1.29 is 9.21 Å². The fraction of sp³-hybridized carbons (Fsp3) is 0.273.